The quantitative estimate of drug-likeness (QED) is 0.656. The number of amides is 1. The number of hydrazone groups is 1. The van der Waals surface area contributed by atoms with Crippen LogP contribution in [0.15, 0.2) is 53.6 Å². The van der Waals surface area contributed by atoms with Crippen molar-refractivity contribution in [2.24, 2.45) is 5.10 Å². The van der Waals surface area contributed by atoms with Gasteiger partial charge in [0.25, 0.3) is 5.91 Å². The first-order chi connectivity index (χ1) is 11.1. The molecule has 0 aliphatic rings. The molecule has 0 spiro atoms. The predicted octanol–water partition coefficient (Wildman–Crippen LogP) is 3.27. The van der Waals surface area contributed by atoms with Crippen molar-refractivity contribution in [3.63, 3.8) is 0 Å². The number of carbonyl (C=O) groups excluding carboxylic acids is 1. The minimum absolute atomic E-state index is 0.241. The van der Waals surface area contributed by atoms with Crippen molar-refractivity contribution in [3.05, 3.63) is 65.7 Å². The van der Waals surface area contributed by atoms with Gasteiger partial charge in [0.2, 0.25) is 0 Å². The molecule has 0 fully saturated rings. The second-order valence-electron chi connectivity index (χ2n) is 4.70. The average Bonchev–Trinajstić information content (AvgIpc) is 2.56. The van der Waals surface area contributed by atoms with E-state index in [4.69, 9.17) is 4.74 Å². The zero-order valence-electron chi connectivity index (χ0n) is 12.6. The van der Waals surface area contributed by atoms with E-state index >= 15 is 0 Å². The van der Waals surface area contributed by atoms with Gasteiger partial charge in [-0.25, -0.2) is 14.2 Å². The van der Waals surface area contributed by atoms with Gasteiger partial charge in [-0.15, -0.1) is 0 Å². The van der Waals surface area contributed by atoms with Crippen LogP contribution in [0.5, 0.6) is 5.75 Å². The molecule has 0 saturated carbocycles. The maximum atomic E-state index is 12.9. The third kappa shape index (κ3) is 5.18. The highest BCUT2D eigenvalue weighted by Crippen LogP contribution is 2.10. The van der Waals surface area contributed by atoms with Crippen LogP contribution in [0.4, 0.5) is 8.78 Å². The smallest absolute Gasteiger partial charge is 0.277 e. The molecule has 23 heavy (non-hydrogen) atoms. The van der Waals surface area contributed by atoms with Gasteiger partial charge < -0.3 is 4.74 Å². The molecule has 2 aromatic rings. The molecular weight excluding hydrogens is 302 g/mol. The number of carbonyl (C=O) groups is 1. The number of nitrogens with zero attached hydrogens (tertiary/aromatic N) is 1. The number of hydrogen-bond acceptors (Lipinski definition) is 3. The van der Waals surface area contributed by atoms with E-state index < -0.39 is 5.91 Å². The van der Waals surface area contributed by atoms with Crippen molar-refractivity contribution in [2.45, 2.75) is 13.3 Å². The Kier molecular flexibility index (Phi) is 5.80. The van der Waals surface area contributed by atoms with Crippen LogP contribution in [-0.2, 0) is 4.79 Å². The highest BCUT2D eigenvalue weighted by atomic mass is 19.1. The monoisotopic (exact) mass is 318 g/mol. The lowest BCUT2D eigenvalue weighted by atomic mass is 10.1. The molecule has 4 nitrogen and oxygen atoms in total. The molecule has 1 N–H and O–H groups in total. The van der Waals surface area contributed by atoms with Crippen LogP contribution in [0.25, 0.3) is 0 Å². The second kappa shape index (κ2) is 8.03. The molecule has 0 aliphatic carbocycles. The summed E-state index contributed by atoms with van der Waals surface area (Å²) in [5.41, 5.74) is 3.74. The van der Waals surface area contributed by atoms with E-state index in [-0.39, 0.29) is 18.2 Å². The molecule has 2 aromatic carbocycles. The minimum atomic E-state index is -0.442. The maximum absolute atomic E-state index is 12.9. The van der Waals surface area contributed by atoms with Crippen molar-refractivity contribution in [1.82, 2.24) is 5.43 Å². The zero-order chi connectivity index (χ0) is 16.7. The molecular formula is C17H16F2N2O2. The van der Waals surface area contributed by atoms with Crippen LogP contribution in [0.2, 0.25) is 0 Å². The first kappa shape index (κ1) is 16.6. The van der Waals surface area contributed by atoms with Crippen molar-refractivity contribution in [2.75, 3.05) is 6.61 Å². The highest BCUT2D eigenvalue weighted by Gasteiger charge is 2.05. The van der Waals surface area contributed by atoms with Gasteiger partial charge in [0.05, 0.1) is 5.71 Å². The lowest BCUT2D eigenvalue weighted by Crippen LogP contribution is -2.26. The fourth-order valence-electron chi connectivity index (χ4n) is 1.83. The molecule has 0 bridgehead atoms. The van der Waals surface area contributed by atoms with Crippen LogP contribution in [0.3, 0.4) is 0 Å². The first-order valence-corrected chi connectivity index (χ1v) is 7.08. The molecule has 2 rings (SSSR count). The van der Waals surface area contributed by atoms with E-state index in [9.17, 15) is 13.6 Å². The van der Waals surface area contributed by atoms with Crippen LogP contribution in [-0.4, -0.2) is 18.2 Å². The number of halogens is 2. The summed E-state index contributed by atoms with van der Waals surface area (Å²) in [4.78, 5) is 11.7. The standard InChI is InChI=1S/C17H16F2N2O2/c1-2-16(12-3-5-13(18)6-4-12)20-21-17(22)11-23-15-9-7-14(19)8-10-15/h3-10H,2,11H2,1H3,(H,21,22)/b20-16-. The summed E-state index contributed by atoms with van der Waals surface area (Å²) < 4.78 is 30.9. The third-order valence-electron chi connectivity index (χ3n) is 3.01. The molecule has 0 atom stereocenters. The molecule has 0 unspecified atom stereocenters. The first-order valence-electron chi connectivity index (χ1n) is 7.08. The topological polar surface area (TPSA) is 50.7 Å². The lowest BCUT2D eigenvalue weighted by Gasteiger charge is -2.07. The summed E-state index contributed by atoms with van der Waals surface area (Å²) in [7, 11) is 0. The van der Waals surface area contributed by atoms with Gasteiger partial charge in [-0.3, -0.25) is 4.79 Å². The molecule has 0 aliphatic heterocycles. The Morgan fingerprint density at radius 3 is 2.17 bits per heavy atom. The van der Waals surface area contributed by atoms with Crippen LogP contribution >= 0.6 is 0 Å². The van der Waals surface area contributed by atoms with Gasteiger partial charge in [-0.05, 0) is 48.4 Å². The summed E-state index contributed by atoms with van der Waals surface area (Å²) in [6, 6.07) is 11.2. The van der Waals surface area contributed by atoms with Crippen LogP contribution in [0, 0.1) is 11.6 Å². The van der Waals surface area contributed by atoms with E-state index in [1.807, 2.05) is 6.92 Å². The second-order valence-corrected chi connectivity index (χ2v) is 4.70. The summed E-state index contributed by atoms with van der Waals surface area (Å²) in [5, 5.41) is 4.02. The van der Waals surface area contributed by atoms with Gasteiger partial charge in [-0.2, -0.15) is 5.10 Å². The Morgan fingerprint density at radius 1 is 1.04 bits per heavy atom. The van der Waals surface area contributed by atoms with E-state index in [1.165, 1.54) is 36.4 Å². The van der Waals surface area contributed by atoms with Crippen LogP contribution in [0.1, 0.15) is 18.9 Å². The van der Waals surface area contributed by atoms with Crippen molar-refractivity contribution in [1.29, 1.82) is 0 Å². The summed E-state index contributed by atoms with van der Waals surface area (Å²) in [5.74, 6) is -0.763. The Labute approximate surface area is 132 Å². The number of benzene rings is 2. The average molecular weight is 318 g/mol. The van der Waals surface area contributed by atoms with Crippen molar-refractivity contribution < 1.29 is 18.3 Å². The van der Waals surface area contributed by atoms with Crippen LogP contribution < -0.4 is 10.2 Å². The van der Waals surface area contributed by atoms with Gasteiger partial charge >= 0.3 is 0 Å². The Hall–Kier alpha value is -2.76. The Bertz CT molecular complexity index is 683. The van der Waals surface area contributed by atoms with E-state index in [1.54, 1.807) is 12.1 Å². The minimum Gasteiger partial charge on any atom is -0.484 e. The molecule has 0 aromatic heterocycles. The van der Waals surface area contributed by atoms with E-state index in [0.29, 0.717) is 17.9 Å². The van der Waals surface area contributed by atoms with Gasteiger partial charge in [0, 0.05) is 0 Å². The van der Waals surface area contributed by atoms with Gasteiger partial charge in [0.15, 0.2) is 6.61 Å². The fraction of sp³-hybridized carbons (Fsp3) is 0.176. The number of hydrogen-bond donors (Lipinski definition) is 1. The SMILES string of the molecule is CC/C(=N/NC(=O)COc1ccc(F)cc1)c1ccc(F)cc1. The molecule has 0 radical (unpaired) electrons. The molecule has 120 valence electrons. The number of rotatable bonds is 6. The summed E-state index contributed by atoms with van der Waals surface area (Å²) >= 11 is 0. The Morgan fingerprint density at radius 2 is 1.61 bits per heavy atom. The van der Waals surface area contributed by atoms with Gasteiger partial charge in [0.1, 0.15) is 17.4 Å². The summed E-state index contributed by atoms with van der Waals surface area (Å²) in [6.45, 7) is 1.64. The Balaban J connectivity index is 1.90. The maximum Gasteiger partial charge on any atom is 0.277 e. The largest absolute Gasteiger partial charge is 0.484 e. The van der Waals surface area contributed by atoms with Crippen molar-refractivity contribution >= 4 is 11.6 Å². The lowest BCUT2D eigenvalue weighted by molar-refractivity contribution is -0.123. The van der Waals surface area contributed by atoms with Gasteiger partial charge in [-0.1, -0.05) is 19.1 Å². The number of ether oxygens (including phenoxy) is 1. The fourth-order valence-corrected chi connectivity index (χ4v) is 1.83. The van der Waals surface area contributed by atoms with E-state index in [0.717, 1.165) is 5.56 Å². The highest BCUT2D eigenvalue weighted by molar-refractivity contribution is 6.00. The van der Waals surface area contributed by atoms with E-state index in [2.05, 4.69) is 10.5 Å². The number of nitrogens with one attached hydrogen (secondary N) is 1. The molecule has 1 amide bonds. The molecule has 0 heterocycles. The van der Waals surface area contributed by atoms with Crippen molar-refractivity contribution in [3.8, 4) is 5.75 Å². The summed E-state index contributed by atoms with van der Waals surface area (Å²) in [6.07, 6.45) is 0.574. The molecule has 6 heteroatoms. The zero-order valence-corrected chi connectivity index (χ0v) is 12.6. The molecule has 0 saturated heterocycles. The third-order valence-corrected chi connectivity index (χ3v) is 3.01. The predicted molar refractivity (Wildman–Crippen MR) is 83.3 cm³/mol. The normalized spacial score (nSPS) is 11.2.